The lowest BCUT2D eigenvalue weighted by Gasteiger charge is -2.25. The molecule has 0 bridgehead atoms. The molecule has 1 fully saturated rings. The predicted octanol–water partition coefficient (Wildman–Crippen LogP) is 2.86. The number of aliphatic hydroxyl groups is 1. The molecular weight excluding hydrogens is 346 g/mol. The monoisotopic (exact) mass is 381 g/mol. The molecule has 0 aromatic heterocycles. The number of hydrogen-bond acceptors (Lipinski definition) is 6. The minimum absolute atomic E-state index is 0.326. The van der Waals surface area contributed by atoms with Gasteiger partial charge in [0.2, 0.25) is 0 Å². The van der Waals surface area contributed by atoms with Gasteiger partial charge in [-0.3, -0.25) is 4.90 Å². The van der Waals surface area contributed by atoms with Gasteiger partial charge in [0.25, 0.3) is 0 Å². The number of methoxy groups -OCH3 is 2. The molecule has 0 amide bonds. The van der Waals surface area contributed by atoms with E-state index in [4.69, 9.17) is 18.9 Å². The van der Waals surface area contributed by atoms with Gasteiger partial charge in [-0.15, -0.1) is 0 Å². The molecule has 6 nitrogen and oxygen atoms in total. The molecular formula is C21H35NO5. The summed E-state index contributed by atoms with van der Waals surface area (Å²) in [4.78, 5) is 2.09. The van der Waals surface area contributed by atoms with Crippen LogP contribution in [0.25, 0.3) is 0 Å². The molecule has 0 unspecified atom stereocenters. The van der Waals surface area contributed by atoms with Crippen LogP contribution in [0.15, 0.2) is 18.2 Å². The third-order valence-electron chi connectivity index (χ3n) is 4.82. The number of aliphatic hydroxyl groups excluding tert-OH is 1. The summed E-state index contributed by atoms with van der Waals surface area (Å²) in [5, 5.41) is 10.3. The van der Waals surface area contributed by atoms with Crippen LogP contribution >= 0.6 is 0 Å². The van der Waals surface area contributed by atoms with Gasteiger partial charge in [-0.25, -0.2) is 0 Å². The lowest BCUT2D eigenvalue weighted by Crippen LogP contribution is -2.33. The maximum Gasteiger partial charge on any atom is 0.161 e. The van der Waals surface area contributed by atoms with Gasteiger partial charge in [-0.05, 0) is 37.6 Å². The van der Waals surface area contributed by atoms with E-state index >= 15 is 0 Å². The number of likely N-dealkylation sites (N-methyl/N-ethyl adjacent to an activating group) is 1. The maximum atomic E-state index is 10.3. The van der Waals surface area contributed by atoms with Crippen molar-refractivity contribution in [2.75, 3.05) is 47.6 Å². The highest BCUT2D eigenvalue weighted by atomic mass is 16.5. The van der Waals surface area contributed by atoms with Crippen LogP contribution in [-0.4, -0.2) is 69.8 Å². The first kappa shape index (κ1) is 22.0. The molecule has 0 radical (unpaired) electrons. The third-order valence-corrected chi connectivity index (χ3v) is 4.82. The van der Waals surface area contributed by atoms with E-state index in [1.807, 2.05) is 25.2 Å². The van der Waals surface area contributed by atoms with E-state index in [1.165, 1.54) is 19.3 Å². The Balaban J connectivity index is 1.79. The summed E-state index contributed by atoms with van der Waals surface area (Å²) < 4.78 is 22.0. The average molecular weight is 382 g/mol. The molecule has 0 spiro atoms. The van der Waals surface area contributed by atoms with E-state index in [2.05, 4.69) is 4.90 Å². The van der Waals surface area contributed by atoms with Crippen LogP contribution in [0, 0.1) is 0 Å². The first-order valence-electron chi connectivity index (χ1n) is 9.89. The van der Waals surface area contributed by atoms with Crippen LogP contribution in [0.1, 0.15) is 37.7 Å². The van der Waals surface area contributed by atoms with Crippen molar-refractivity contribution in [3.63, 3.8) is 0 Å². The topological polar surface area (TPSA) is 60.4 Å². The van der Waals surface area contributed by atoms with Crippen molar-refractivity contribution in [1.29, 1.82) is 0 Å². The molecule has 1 atom stereocenters. The number of benzene rings is 1. The van der Waals surface area contributed by atoms with Crippen molar-refractivity contribution in [2.24, 2.45) is 0 Å². The first-order valence-corrected chi connectivity index (χ1v) is 9.89. The van der Waals surface area contributed by atoms with Gasteiger partial charge in [0.15, 0.2) is 11.5 Å². The first-order chi connectivity index (χ1) is 13.1. The average Bonchev–Trinajstić information content (AvgIpc) is 2.67. The van der Waals surface area contributed by atoms with Gasteiger partial charge in [0, 0.05) is 20.2 Å². The SMILES string of the molecule is COCCOc1cc(CN(C)C[C@H](O)COC2CCCCC2)ccc1OC. The second-order valence-electron chi connectivity index (χ2n) is 7.27. The molecule has 0 heterocycles. The Morgan fingerprint density at radius 2 is 1.89 bits per heavy atom. The molecule has 1 aromatic carbocycles. The van der Waals surface area contributed by atoms with Crippen molar-refractivity contribution in [3.05, 3.63) is 23.8 Å². The Morgan fingerprint density at radius 3 is 2.59 bits per heavy atom. The lowest BCUT2D eigenvalue weighted by atomic mass is 9.98. The predicted molar refractivity (Wildman–Crippen MR) is 106 cm³/mol. The van der Waals surface area contributed by atoms with Crippen molar-refractivity contribution in [2.45, 2.75) is 50.9 Å². The fourth-order valence-corrected chi connectivity index (χ4v) is 3.43. The second-order valence-corrected chi connectivity index (χ2v) is 7.27. The Morgan fingerprint density at radius 1 is 1.11 bits per heavy atom. The van der Waals surface area contributed by atoms with Crippen LogP contribution in [-0.2, 0) is 16.0 Å². The Kier molecular flexibility index (Phi) is 9.91. The van der Waals surface area contributed by atoms with Crippen LogP contribution in [0.5, 0.6) is 11.5 Å². The highest BCUT2D eigenvalue weighted by molar-refractivity contribution is 5.43. The minimum atomic E-state index is -0.479. The summed E-state index contributed by atoms with van der Waals surface area (Å²) in [7, 11) is 5.28. The van der Waals surface area contributed by atoms with Gasteiger partial charge >= 0.3 is 0 Å². The standard InChI is InChI=1S/C21H35NO5/c1-22(15-18(23)16-27-19-7-5-4-6-8-19)14-17-9-10-20(25-3)21(13-17)26-12-11-24-2/h9-10,13,18-19,23H,4-8,11-12,14-16H2,1-3H3/t18-/m0/s1. The third kappa shape index (κ3) is 8.05. The van der Waals surface area contributed by atoms with Gasteiger partial charge in [0.05, 0.1) is 32.5 Å². The molecule has 0 aliphatic heterocycles. The fourth-order valence-electron chi connectivity index (χ4n) is 3.43. The normalized spacial score (nSPS) is 16.5. The molecule has 1 N–H and O–H groups in total. The fraction of sp³-hybridized carbons (Fsp3) is 0.714. The maximum absolute atomic E-state index is 10.3. The summed E-state index contributed by atoms with van der Waals surface area (Å²) in [5.74, 6) is 1.42. The minimum Gasteiger partial charge on any atom is -0.493 e. The second kappa shape index (κ2) is 12.2. The molecule has 0 saturated heterocycles. The Labute approximate surface area is 163 Å². The van der Waals surface area contributed by atoms with Crippen LogP contribution in [0.2, 0.25) is 0 Å². The van der Waals surface area contributed by atoms with E-state index in [0.29, 0.717) is 50.5 Å². The molecule has 2 rings (SSSR count). The summed E-state index contributed by atoms with van der Waals surface area (Å²) in [6, 6.07) is 5.91. The lowest BCUT2D eigenvalue weighted by molar-refractivity contribution is -0.0319. The molecule has 1 aliphatic rings. The number of rotatable bonds is 12. The molecule has 6 heteroatoms. The molecule has 1 saturated carbocycles. The van der Waals surface area contributed by atoms with Gasteiger partial charge in [-0.1, -0.05) is 25.3 Å². The summed E-state index contributed by atoms with van der Waals surface area (Å²) in [6.45, 7) is 2.69. The van der Waals surface area contributed by atoms with Gasteiger partial charge < -0.3 is 24.1 Å². The van der Waals surface area contributed by atoms with Gasteiger partial charge in [-0.2, -0.15) is 0 Å². The zero-order valence-electron chi connectivity index (χ0n) is 17.0. The Hall–Kier alpha value is -1.34. The quantitative estimate of drug-likeness (QED) is 0.562. The van der Waals surface area contributed by atoms with Crippen molar-refractivity contribution >= 4 is 0 Å². The van der Waals surface area contributed by atoms with E-state index in [1.54, 1.807) is 14.2 Å². The van der Waals surface area contributed by atoms with E-state index < -0.39 is 6.10 Å². The zero-order chi connectivity index (χ0) is 19.5. The van der Waals surface area contributed by atoms with Gasteiger partial charge in [0.1, 0.15) is 6.61 Å². The number of nitrogens with zero attached hydrogens (tertiary/aromatic N) is 1. The zero-order valence-corrected chi connectivity index (χ0v) is 17.0. The summed E-state index contributed by atoms with van der Waals surface area (Å²) in [5.41, 5.74) is 1.10. The number of hydrogen-bond donors (Lipinski definition) is 1. The molecule has 154 valence electrons. The summed E-state index contributed by atoms with van der Waals surface area (Å²) >= 11 is 0. The van der Waals surface area contributed by atoms with Crippen molar-refractivity contribution in [1.82, 2.24) is 4.90 Å². The van der Waals surface area contributed by atoms with Crippen molar-refractivity contribution < 1.29 is 24.1 Å². The van der Waals surface area contributed by atoms with E-state index in [0.717, 1.165) is 18.4 Å². The molecule has 1 aromatic rings. The van der Waals surface area contributed by atoms with Crippen molar-refractivity contribution in [3.8, 4) is 11.5 Å². The number of ether oxygens (including phenoxy) is 4. The van der Waals surface area contributed by atoms with E-state index in [-0.39, 0.29) is 0 Å². The van der Waals surface area contributed by atoms with E-state index in [9.17, 15) is 5.11 Å². The summed E-state index contributed by atoms with van der Waals surface area (Å²) in [6.07, 6.45) is 5.89. The van der Waals surface area contributed by atoms with Crippen LogP contribution in [0.4, 0.5) is 0 Å². The van der Waals surface area contributed by atoms with Crippen LogP contribution < -0.4 is 9.47 Å². The highest BCUT2D eigenvalue weighted by Gasteiger charge is 2.17. The largest absolute Gasteiger partial charge is 0.493 e. The molecule has 27 heavy (non-hydrogen) atoms. The van der Waals surface area contributed by atoms with Crippen LogP contribution in [0.3, 0.4) is 0 Å². The Bertz CT molecular complexity index is 533. The smallest absolute Gasteiger partial charge is 0.161 e. The highest BCUT2D eigenvalue weighted by Crippen LogP contribution is 2.28. The molecule has 1 aliphatic carbocycles.